The van der Waals surface area contributed by atoms with E-state index in [1.165, 1.54) is 0 Å². The van der Waals surface area contributed by atoms with E-state index >= 15 is 0 Å². The highest BCUT2D eigenvalue weighted by molar-refractivity contribution is 5.75. The van der Waals surface area contributed by atoms with Crippen molar-refractivity contribution in [1.82, 2.24) is 0 Å². The van der Waals surface area contributed by atoms with Crippen molar-refractivity contribution in [2.75, 3.05) is 19.8 Å². The molecule has 3 aliphatic rings. The number of hydrogen-bond donors (Lipinski definition) is 2. The molecule has 3 fully saturated rings. The number of esters is 1. The minimum absolute atomic E-state index is 0.0145. The Labute approximate surface area is 233 Å². The number of carbonyl (C=O) groups excluding carboxylic acids is 1. The maximum absolute atomic E-state index is 13.2. The molecule has 2 bridgehead atoms. The standard InChI is InChI=1S/C27H39N3O10/c1-3-5-12-34-22-20(32)23(25(33)36-14-16-10-8-7-9-11-16)40-27(24(22)35-13-6-4-2)39-21-17-15-37-26(38-17)18(19(21)31)29-30-28/h7-11,17-24,26-27,31-32H,3-6,12-15H2,1-2H3/t17?,18-,19?,20-,21+,22?,23+,24-,26+,27+/m0/s1. The first-order valence-electron chi connectivity index (χ1n) is 13.9. The van der Waals surface area contributed by atoms with Crippen molar-refractivity contribution in [2.24, 2.45) is 5.11 Å². The molecule has 1 aromatic carbocycles. The molecule has 0 amide bonds. The third-order valence-electron chi connectivity index (χ3n) is 7.13. The largest absolute Gasteiger partial charge is 0.459 e. The fourth-order valence-corrected chi connectivity index (χ4v) is 4.91. The van der Waals surface area contributed by atoms with E-state index in [4.69, 9.17) is 38.7 Å². The molecule has 40 heavy (non-hydrogen) atoms. The summed E-state index contributed by atoms with van der Waals surface area (Å²) in [5.74, 6) is -0.794. The Bertz CT molecular complexity index is 981. The number of benzene rings is 1. The van der Waals surface area contributed by atoms with Crippen molar-refractivity contribution in [3.05, 3.63) is 46.3 Å². The Hall–Kier alpha value is -2.32. The lowest BCUT2D eigenvalue weighted by Crippen LogP contribution is -2.64. The zero-order valence-electron chi connectivity index (χ0n) is 22.8. The van der Waals surface area contributed by atoms with Crippen LogP contribution in [0.1, 0.15) is 45.1 Å². The summed E-state index contributed by atoms with van der Waals surface area (Å²) in [6, 6.07) is 8.08. The van der Waals surface area contributed by atoms with Crippen molar-refractivity contribution in [2.45, 2.75) is 107 Å². The highest BCUT2D eigenvalue weighted by Crippen LogP contribution is 2.36. The Morgan fingerprint density at radius 2 is 1.73 bits per heavy atom. The van der Waals surface area contributed by atoms with Crippen LogP contribution in [0.4, 0.5) is 0 Å². The van der Waals surface area contributed by atoms with E-state index in [9.17, 15) is 15.0 Å². The van der Waals surface area contributed by atoms with Gasteiger partial charge in [-0.25, -0.2) is 4.79 Å². The predicted octanol–water partition coefficient (Wildman–Crippen LogP) is 2.37. The average Bonchev–Trinajstić information content (AvgIpc) is 3.41. The van der Waals surface area contributed by atoms with Crippen molar-refractivity contribution in [3.8, 4) is 0 Å². The SMILES string of the molecule is CCCCOC1[C@H](O)[C@H](C(=O)OCc2ccccc2)O[C@@H](O[C@@H]2C3CO[C@H](O3)[C@@H](N=[N+]=[N-])C2O)[C@H]1OCCCC. The number of aliphatic hydroxyl groups is 2. The van der Waals surface area contributed by atoms with Gasteiger partial charge < -0.3 is 43.4 Å². The van der Waals surface area contributed by atoms with Gasteiger partial charge in [0.15, 0.2) is 18.7 Å². The van der Waals surface area contributed by atoms with Crippen LogP contribution < -0.4 is 0 Å². The third-order valence-corrected chi connectivity index (χ3v) is 7.13. The minimum Gasteiger partial charge on any atom is -0.459 e. The molecule has 0 saturated carbocycles. The van der Waals surface area contributed by atoms with E-state index in [-0.39, 0.29) is 13.2 Å². The van der Waals surface area contributed by atoms with E-state index in [2.05, 4.69) is 10.0 Å². The minimum atomic E-state index is -1.45. The summed E-state index contributed by atoms with van der Waals surface area (Å²) in [4.78, 5) is 16.0. The predicted molar refractivity (Wildman–Crippen MR) is 139 cm³/mol. The van der Waals surface area contributed by atoms with Gasteiger partial charge in [0.2, 0.25) is 0 Å². The molecule has 3 saturated heterocycles. The van der Waals surface area contributed by atoms with Gasteiger partial charge in [0, 0.05) is 18.1 Å². The number of azide groups is 1. The molecule has 3 heterocycles. The number of rotatable bonds is 14. The van der Waals surface area contributed by atoms with Crippen molar-refractivity contribution in [3.63, 3.8) is 0 Å². The number of nitrogens with zero attached hydrogens (tertiary/aromatic N) is 3. The maximum atomic E-state index is 13.2. The van der Waals surface area contributed by atoms with Crippen LogP contribution in [0, 0.1) is 0 Å². The van der Waals surface area contributed by atoms with Crippen LogP contribution in [0.25, 0.3) is 10.4 Å². The molecule has 3 unspecified atom stereocenters. The number of fused-ring (bicyclic) bond motifs is 2. The molecule has 0 aliphatic carbocycles. The van der Waals surface area contributed by atoms with E-state index in [0.717, 1.165) is 31.2 Å². The van der Waals surface area contributed by atoms with Gasteiger partial charge in [-0.2, -0.15) is 0 Å². The van der Waals surface area contributed by atoms with Gasteiger partial charge in [-0.05, 0) is 23.9 Å². The fourth-order valence-electron chi connectivity index (χ4n) is 4.91. The molecule has 10 atom stereocenters. The van der Waals surface area contributed by atoms with E-state index in [1.54, 1.807) is 0 Å². The van der Waals surface area contributed by atoms with Crippen LogP contribution in [-0.4, -0.2) is 97.4 Å². The third kappa shape index (κ3) is 7.30. The molecule has 0 spiro atoms. The van der Waals surface area contributed by atoms with Gasteiger partial charge in [0.1, 0.15) is 43.2 Å². The van der Waals surface area contributed by atoms with Crippen LogP contribution in [-0.2, 0) is 44.6 Å². The molecule has 2 N–H and O–H groups in total. The van der Waals surface area contributed by atoms with Crippen molar-refractivity contribution < 1.29 is 48.2 Å². The molecule has 0 aromatic heterocycles. The van der Waals surface area contributed by atoms with E-state index in [1.807, 2.05) is 44.2 Å². The molecule has 3 aliphatic heterocycles. The van der Waals surface area contributed by atoms with E-state index < -0.39 is 67.3 Å². The first-order valence-corrected chi connectivity index (χ1v) is 13.9. The maximum Gasteiger partial charge on any atom is 0.338 e. The lowest BCUT2D eigenvalue weighted by molar-refractivity contribution is -0.336. The molecule has 222 valence electrons. The Morgan fingerprint density at radius 3 is 2.40 bits per heavy atom. The second-order valence-corrected chi connectivity index (χ2v) is 10.0. The second kappa shape index (κ2) is 15.1. The number of unbranched alkanes of at least 4 members (excludes halogenated alkanes) is 2. The number of carbonyl (C=O) groups is 1. The van der Waals surface area contributed by atoms with Crippen LogP contribution >= 0.6 is 0 Å². The van der Waals surface area contributed by atoms with Gasteiger partial charge in [-0.1, -0.05) is 62.1 Å². The smallest absolute Gasteiger partial charge is 0.338 e. The van der Waals surface area contributed by atoms with Gasteiger partial charge in [0.25, 0.3) is 0 Å². The normalized spacial score (nSPS) is 35.2. The number of ether oxygens (including phenoxy) is 7. The zero-order chi connectivity index (χ0) is 28.5. The molecule has 0 radical (unpaired) electrons. The van der Waals surface area contributed by atoms with Crippen LogP contribution in [0.15, 0.2) is 35.4 Å². The van der Waals surface area contributed by atoms with Crippen LogP contribution in [0.2, 0.25) is 0 Å². The first-order chi connectivity index (χ1) is 19.5. The molecule has 13 heteroatoms. The molecular weight excluding hydrogens is 526 g/mol. The molecular formula is C27H39N3O10. The highest BCUT2D eigenvalue weighted by atomic mass is 16.8. The molecule has 13 nitrogen and oxygen atoms in total. The zero-order valence-corrected chi connectivity index (χ0v) is 22.8. The summed E-state index contributed by atoms with van der Waals surface area (Å²) < 4.78 is 41.2. The van der Waals surface area contributed by atoms with Gasteiger partial charge in [-0.3, -0.25) is 0 Å². The highest BCUT2D eigenvalue weighted by Gasteiger charge is 2.55. The number of hydrogen-bond acceptors (Lipinski definition) is 11. The summed E-state index contributed by atoms with van der Waals surface area (Å²) in [6.45, 7) is 4.75. The fraction of sp³-hybridized carbons (Fsp3) is 0.741. The molecule has 4 rings (SSSR count). The summed E-state index contributed by atoms with van der Waals surface area (Å²) in [7, 11) is 0. The van der Waals surface area contributed by atoms with Gasteiger partial charge >= 0.3 is 5.97 Å². The van der Waals surface area contributed by atoms with Gasteiger partial charge in [-0.15, -0.1) is 0 Å². The summed E-state index contributed by atoms with van der Waals surface area (Å²) in [5.41, 5.74) is 9.75. The van der Waals surface area contributed by atoms with E-state index in [0.29, 0.717) is 13.2 Å². The summed E-state index contributed by atoms with van der Waals surface area (Å²) in [5, 5.41) is 25.9. The van der Waals surface area contributed by atoms with Crippen LogP contribution in [0.3, 0.4) is 0 Å². The second-order valence-electron chi connectivity index (χ2n) is 10.0. The Kier molecular flexibility index (Phi) is 11.5. The average molecular weight is 566 g/mol. The first kappa shape index (κ1) is 30.6. The Balaban J connectivity index is 1.57. The number of aliphatic hydroxyl groups excluding tert-OH is 2. The van der Waals surface area contributed by atoms with Crippen LogP contribution in [0.5, 0.6) is 0 Å². The summed E-state index contributed by atoms with van der Waals surface area (Å²) >= 11 is 0. The van der Waals surface area contributed by atoms with Crippen molar-refractivity contribution in [1.29, 1.82) is 0 Å². The lowest BCUT2D eigenvalue weighted by Gasteiger charge is -2.46. The van der Waals surface area contributed by atoms with Gasteiger partial charge in [0.05, 0.1) is 12.7 Å². The monoisotopic (exact) mass is 565 g/mol. The quantitative estimate of drug-likeness (QED) is 0.112. The summed E-state index contributed by atoms with van der Waals surface area (Å²) in [6.07, 6.45) is -6.76. The Morgan fingerprint density at radius 1 is 1.02 bits per heavy atom. The molecule has 1 aromatic rings. The lowest BCUT2D eigenvalue weighted by atomic mass is 9.96. The van der Waals surface area contributed by atoms with Crippen molar-refractivity contribution >= 4 is 5.97 Å². The topological polar surface area (TPSA) is 171 Å².